The number of carbonyl (C=O) groups excluding carboxylic acids is 2. The number of carbonyl (C=O) groups is 2. The molecular weight excluding hydrogens is 817 g/mol. The fourth-order valence-electron chi connectivity index (χ4n) is 7.86. The quantitative estimate of drug-likeness (QED) is 0.0208. The van der Waals surface area contributed by atoms with E-state index in [1.165, 1.54) is 89.9 Å². The van der Waals surface area contributed by atoms with Crippen molar-refractivity contribution in [1.29, 1.82) is 0 Å². The van der Waals surface area contributed by atoms with Crippen LogP contribution in [-0.4, -0.2) is 142 Å². The fraction of sp³-hybridized carbons (Fsp3) is 0.917. The summed E-state index contributed by atoms with van der Waals surface area (Å²) in [4.78, 5) is 25.7. The number of allylic oxidation sites excluding steroid dienone is 2. The van der Waals surface area contributed by atoms with Crippen molar-refractivity contribution in [1.82, 2.24) is 0 Å². The Labute approximate surface area is 378 Å². The van der Waals surface area contributed by atoms with Gasteiger partial charge in [-0.2, -0.15) is 0 Å². The molecule has 2 saturated heterocycles. The lowest BCUT2D eigenvalue weighted by Crippen LogP contribution is -2.61. The van der Waals surface area contributed by atoms with E-state index < -0.39 is 92.7 Å². The molecule has 0 saturated carbocycles. The zero-order valence-electron chi connectivity index (χ0n) is 38.8. The van der Waals surface area contributed by atoms with E-state index in [0.717, 1.165) is 57.8 Å². The van der Waals surface area contributed by atoms with Crippen LogP contribution in [0.15, 0.2) is 12.2 Å². The van der Waals surface area contributed by atoms with Crippen molar-refractivity contribution in [3.05, 3.63) is 12.2 Å². The molecule has 0 aromatic heterocycles. The molecule has 2 heterocycles. The molecule has 2 aliphatic heterocycles. The Morgan fingerprint density at radius 2 is 0.905 bits per heavy atom. The van der Waals surface area contributed by atoms with Crippen molar-refractivity contribution < 1.29 is 73.8 Å². The minimum atomic E-state index is -1.76. The average Bonchev–Trinajstić information content (AvgIpc) is 3.28. The van der Waals surface area contributed by atoms with Gasteiger partial charge in [-0.15, -0.1) is 0 Å². The predicted molar refractivity (Wildman–Crippen MR) is 238 cm³/mol. The fourth-order valence-corrected chi connectivity index (χ4v) is 7.86. The van der Waals surface area contributed by atoms with Crippen LogP contribution in [0, 0.1) is 0 Å². The maximum absolute atomic E-state index is 13.0. The molecule has 2 rings (SSSR count). The van der Waals surface area contributed by atoms with Gasteiger partial charge in [-0.25, -0.2) is 0 Å². The first-order valence-electron chi connectivity index (χ1n) is 24.8. The number of unbranched alkanes of at least 4 members (excludes halogenated alkanes) is 22. The van der Waals surface area contributed by atoms with Crippen molar-refractivity contribution in [2.45, 2.75) is 255 Å². The third kappa shape index (κ3) is 25.1. The van der Waals surface area contributed by atoms with Gasteiger partial charge in [0.05, 0.1) is 19.8 Å². The summed E-state index contributed by atoms with van der Waals surface area (Å²) in [6, 6.07) is 0. The Balaban J connectivity index is 1.83. The molecule has 0 bridgehead atoms. The molecule has 0 aromatic rings. The molecule has 11 atom stereocenters. The molecule has 0 spiro atoms. The van der Waals surface area contributed by atoms with Crippen LogP contribution in [0.4, 0.5) is 0 Å². The van der Waals surface area contributed by atoms with Gasteiger partial charge >= 0.3 is 11.9 Å². The lowest BCUT2D eigenvalue weighted by molar-refractivity contribution is -0.332. The Kier molecular flexibility index (Phi) is 33.1. The van der Waals surface area contributed by atoms with Crippen molar-refractivity contribution >= 4 is 11.9 Å². The molecule has 63 heavy (non-hydrogen) atoms. The summed E-state index contributed by atoms with van der Waals surface area (Å²) in [6.45, 7) is 2.58. The number of rotatable bonds is 38. The molecule has 2 fully saturated rings. The van der Waals surface area contributed by atoms with Crippen molar-refractivity contribution in [3.8, 4) is 0 Å². The highest BCUT2D eigenvalue weighted by atomic mass is 16.7. The number of ether oxygens (including phenoxy) is 6. The van der Waals surface area contributed by atoms with Crippen LogP contribution < -0.4 is 0 Å². The molecule has 0 amide bonds. The maximum Gasteiger partial charge on any atom is 0.306 e. The molecule has 370 valence electrons. The summed E-state index contributed by atoms with van der Waals surface area (Å²) in [5.41, 5.74) is 0. The second-order valence-corrected chi connectivity index (χ2v) is 17.6. The van der Waals surface area contributed by atoms with Crippen LogP contribution in [0.3, 0.4) is 0 Å². The Morgan fingerprint density at radius 3 is 1.40 bits per heavy atom. The zero-order valence-corrected chi connectivity index (χ0v) is 38.8. The van der Waals surface area contributed by atoms with E-state index >= 15 is 0 Å². The molecular formula is C48H88O15. The number of hydrogen-bond donors (Lipinski definition) is 7. The van der Waals surface area contributed by atoms with Crippen LogP contribution in [0.25, 0.3) is 0 Å². The summed E-state index contributed by atoms with van der Waals surface area (Å²) in [5, 5.41) is 71.9. The second-order valence-electron chi connectivity index (χ2n) is 17.6. The minimum absolute atomic E-state index is 0.159. The highest BCUT2D eigenvalue weighted by Gasteiger charge is 2.47. The molecule has 15 nitrogen and oxygen atoms in total. The lowest BCUT2D eigenvalue weighted by atomic mass is 9.98. The van der Waals surface area contributed by atoms with Gasteiger partial charge in [-0.1, -0.05) is 148 Å². The average molecular weight is 905 g/mol. The highest BCUT2D eigenvalue weighted by Crippen LogP contribution is 2.26. The Bertz CT molecular complexity index is 1160. The largest absolute Gasteiger partial charge is 0.462 e. The first-order chi connectivity index (χ1) is 30.5. The number of aliphatic hydroxyl groups is 7. The summed E-state index contributed by atoms with van der Waals surface area (Å²) in [7, 11) is 0. The molecule has 4 unspecified atom stereocenters. The van der Waals surface area contributed by atoms with E-state index in [-0.39, 0.29) is 26.1 Å². The first kappa shape index (κ1) is 57.4. The topological polar surface area (TPSA) is 231 Å². The normalized spacial score (nSPS) is 26.9. The van der Waals surface area contributed by atoms with Gasteiger partial charge in [0.15, 0.2) is 18.7 Å². The smallest absolute Gasteiger partial charge is 0.306 e. The van der Waals surface area contributed by atoms with Gasteiger partial charge in [0.1, 0.15) is 55.4 Å². The Morgan fingerprint density at radius 1 is 0.492 bits per heavy atom. The summed E-state index contributed by atoms with van der Waals surface area (Å²) >= 11 is 0. The predicted octanol–water partition coefficient (Wildman–Crippen LogP) is 6.21. The van der Waals surface area contributed by atoms with Gasteiger partial charge in [-0.05, 0) is 38.5 Å². The first-order valence-corrected chi connectivity index (χ1v) is 24.8. The van der Waals surface area contributed by atoms with E-state index in [2.05, 4.69) is 26.0 Å². The third-order valence-corrected chi connectivity index (χ3v) is 12.0. The molecule has 15 heteroatoms. The van der Waals surface area contributed by atoms with E-state index in [9.17, 15) is 45.3 Å². The number of hydrogen-bond acceptors (Lipinski definition) is 15. The second kappa shape index (κ2) is 36.4. The maximum atomic E-state index is 13.0. The summed E-state index contributed by atoms with van der Waals surface area (Å²) in [5.74, 6) is -0.928. The van der Waals surface area contributed by atoms with Crippen LogP contribution >= 0.6 is 0 Å². The molecule has 2 aliphatic rings. The lowest BCUT2D eigenvalue weighted by Gasteiger charge is -2.42. The zero-order chi connectivity index (χ0) is 46.1. The van der Waals surface area contributed by atoms with Crippen LogP contribution in [0.5, 0.6) is 0 Å². The summed E-state index contributed by atoms with van der Waals surface area (Å²) in [6.07, 6.45) is 16.7. The van der Waals surface area contributed by atoms with Gasteiger partial charge in [0, 0.05) is 12.8 Å². The standard InChI is InChI=1S/C48H88O15/c1-3-5-7-9-11-13-15-17-18-19-21-23-25-27-29-31-40(51)61-36(33-58-39(50)30-28-26-24-22-20-16-14-12-10-8-6-4-2)34-59-47-46(57)44(55)42(53)38(63-47)35-60-48-45(56)43(54)41(52)37(32-49)62-48/h17-18,36-38,41-49,52-57H,3-16,19-35H2,1-2H3/b18-17+/t36-,37-,38-,41+,42+,43?,44?,45?,46?,47-,48-/m1/s1. The van der Waals surface area contributed by atoms with E-state index in [1.807, 2.05) is 0 Å². The van der Waals surface area contributed by atoms with E-state index in [4.69, 9.17) is 28.4 Å². The van der Waals surface area contributed by atoms with E-state index in [1.54, 1.807) is 0 Å². The number of aliphatic hydroxyl groups excluding tert-OH is 7. The molecule has 7 N–H and O–H groups in total. The van der Waals surface area contributed by atoms with Gasteiger partial charge in [0.2, 0.25) is 0 Å². The van der Waals surface area contributed by atoms with Gasteiger partial charge in [-0.3, -0.25) is 9.59 Å². The van der Waals surface area contributed by atoms with Gasteiger partial charge < -0.3 is 64.2 Å². The Hall–Kier alpha value is -1.76. The highest BCUT2D eigenvalue weighted by molar-refractivity contribution is 5.70. The molecule has 0 aliphatic carbocycles. The van der Waals surface area contributed by atoms with Crippen LogP contribution in [0.1, 0.15) is 187 Å². The van der Waals surface area contributed by atoms with E-state index in [0.29, 0.717) is 12.8 Å². The SMILES string of the molecule is CCCCCCCC/C=C/CCCCCCCC(=O)O[C@H](COC(=O)CCCCCCCCCCCCCC)CO[C@@H]1O[C@H](CO[C@@H]2O[C@H](CO)[C@H](O)C(O)C2O)[C@H](O)C(O)C1O. The molecule has 0 radical (unpaired) electrons. The van der Waals surface area contributed by atoms with Crippen LogP contribution in [-0.2, 0) is 38.0 Å². The summed E-state index contributed by atoms with van der Waals surface area (Å²) < 4.78 is 33.5. The van der Waals surface area contributed by atoms with Gasteiger partial charge in [0.25, 0.3) is 0 Å². The van der Waals surface area contributed by atoms with Crippen molar-refractivity contribution in [3.63, 3.8) is 0 Å². The minimum Gasteiger partial charge on any atom is -0.462 e. The monoisotopic (exact) mass is 905 g/mol. The van der Waals surface area contributed by atoms with Crippen molar-refractivity contribution in [2.24, 2.45) is 0 Å². The van der Waals surface area contributed by atoms with Crippen molar-refractivity contribution in [2.75, 3.05) is 26.4 Å². The third-order valence-electron chi connectivity index (χ3n) is 12.0. The van der Waals surface area contributed by atoms with Crippen LogP contribution in [0.2, 0.25) is 0 Å². The molecule has 0 aromatic carbocycles. The number of esters is 2.